The summed E-state index contributed by atoms with van der Waals surface area (Å²) in [5.74, 6) is 11.1. The summed E-state index contributed by atoms with van der Waals surface area (Å²) >= 11 is -0.444. The Labute approximate surface area is 137 Å². The summed E-state index contributed by atoms with van der Waals surface area (Å²) in [6, 6.07) is 0. The molecule has 16 heavy (non-hydrogen) atoms. The summed E-state index contributed by atoms with van der Waals surface area (Å²) in [5.41, 5.74) is 5.71. The van der Waals surface area contributed by atoms with Gasteiger partial charge in [0.05, 0.1) is 0 Å². The van der Waals surface area contributed by atoms with Gasteiger partial charge in [-0.15, -0.1) is 0 Å². The SMILES string of the molecule is C/C1=C(\[I-]N)C(NN)=IC[I-]/C(NN)=C\[I-]1. The van der Waals surface area contributed by atoms with Crippen LogP contribution in [0.5, 0.6) is 0 Å². The van der Waals surface area contributed by atoms with E-state index in [2.05, 4.69) is 21.9 Å². The van der Waals surface area contributed by atoms with Gasteiger partial charge in [0.2, 0.25) is 0 Å². The summed E-state index contributed by atoms with van der Waals surface area (Å²) < 4.78 is 14.8. The Morgan fingerprint density at radius 3 is 2.75 bits per heavy atom. The molecule has 1 aliphatic rings. The second-order valence-electron chi connectivity index (χ2n) is 2.49. The van der Waals surface area contributed by atoms with Gasteiger partial charge in [-0.2, -0.15) is 0 Å². The number of allylic oxidation sites excluding steroid dienone is 1. The molecule has 0 bridgehead atoms. The molecule has 98 valence electrons. The molecule has 8 N–H and O–H groups in total. The summed E-state index contributed by atoms with van der Waals surface area (Å²) in [6.45, 7) is 2.19. The van der Waals surface area contributed by atoms with E-state index >= 15 is 0 Å². The first-order chi connectivity index (χ1) is 7.72. The zero-order valence-corrected chi connectivity index (χ0v) is 17.2. The van der Waals surface area contributed by atoms with Crippen LogP contribution < -0.4 is 90.4 Å². The van der Waals surface area contributed by atoms with E-state index in [1.807, 2.05) is 0 Å². The summed E-state index contributed by atoms with van der Waals surface area (Å²) in [6.07, 6.45) is 0. The van der Waals surface area contributed by atoms with E-state index in [0.717, 1.165) is 0 Å². The summed E-state index contributed by atoms with van der Waals surface area (Å²) in [4.78, 5) is 0. The molecular weight excluding hydrogens is 662 g/mol. The normalized spacial score (nSPS) is 27.8. The quantitative estimate of drug-likeness (QED) is 0.0512. The Morgan fingerprint density at radius 2 is 2.19 bits per heavy atom. The van der Waals surface area contributed by atoms with Crippen molar-refractivity contribution >= 4 is 24.4 Å². The van der Waals surface area contributed by atoms with Crippen molar-refractivity contribution in [3.63, 3.8) is 0 Å². The van der Waals surface area contributed by atoms with Crippen molar-refractivity contribution in [2.45, 2.75) is 6.92 Å². The molecule has 0 amide bonds. The molecule has 0 aromatic heterocycles. The van der Waals surface area contributed by atoms with Crippen LogP contribution in [0.1, 0.15) is 6.92 Å². The first-order valence-electron chi connectivity index (χ1n) is 4.09. The van der Waals surface area contributed by atoms with Crippen molar-refractivity contribution in [2.75, 3.05) is 2.43 Å². The van der Waals surface area contributed by atoms with Crippen LogP contribution >= 0.6 is 20.7 Å². The van der Waals surface area contributed by atoms with Crippen LogP contribution in [-0.2, 0) is 0 Å². The maximum absolute atomic E-state index is 5.92. The minimum absolute atomic E-state index is 0.0207. The third kappa shape index (κ3) is 4.88. The first-order valence-corrected chi connectivity index (χ1v) is 14.0. The number of hydrogen-bond donors (Lipinski definition) is 5. The molecular formula is C7H14I4N5-3. The molecule has 0 spiro atoms. The van der Waals surface area contributed by atoms with Gasteiger partial charge in [-0.05, 0) is 0 Å². The average Bonchev–Trinajstić information content (AvgIpc) is 2.38. The van der Waals surface area contributed by atoms with E-state index in [4.69, 9.17) is 15.6 Å². The van der Waals surface area contributed by atoms with Crippen LogP contribution in [0.3, 0.4) is 0 Å². The predicted molar refractivity (Wildman–Crippen MR) is 63.5 cm³/mol. The fourth-order valence-electron chi connectivity index (χ4n) is 0.842. The molecule has 9 heteroatoms. The zero-order valence-electron chi connectivity index (χ0n) is 8.53. The number of halogens is 4. The predicted octanol–water partition coefficient (Wildman–Crippen LogP) is -9.84. The van der Waals surface area contributed by atoms with Gasteiger partial charge in [0.15, 0.2) is 0 Å². The molecule has 5 nitrogen and oxygen atoms in total. The van der Waals surface area contributed by atoms with Gasteiger partial charge in [0, 0.05) is 0 Å². The van der Waals surface area contributed by atoms with Gasteiger partial charge in [-0.3, -0.25) is 0 Å². The Balaban J connectivity index is 3.01. The van der Waals surface area contributed by atoms with Crippen LogP contribution in [0.25, 0.3) is 0 Å². The molecule has 0 atom stereocenters. The first kappa shape index (κ1) is 16.0. The fourth-order valence-corrected chi connectivity index (χ4v) is 16.0. The molecule has 1 rings (SSSR count). The summed E-state index contributed by atoms with van der Waals surface area (Å²) in [7, 11) is 0. The van der Waals surface area contributed by atoms with E-state index in [1.54, 1.807) is 0 Å². The Hall–Kier alpha value is 1.91. The van der Waals surface area contributed by atoms with Gasteiger partial charge < -0.3 is 0 Å². The van der Waals surface area contributed by atoms with Crippen molar-refractivity contribution in [1.29, 1.82) is 0 Å². The van der Waals surface area contributed by atoms with Crippen LogP contribution in [0.4, 0.5) is 0 Å². The van der Waals surface area contributed by atoms with Gasteiger partial charge in [0.25, 0.3) is 0 Å². The van der Waals surface area contributed by atoms with Crippen LogP contribution in [0.2, 0.25) is 0 Å². The van der Waals surface area contributed by atoms with Crippen molar-refractivity contribution in [1.82, 2.24) is 10.9 Å². The molecule has 1 aliphatic heterocycles. The molecule has 0 unspecified atom stereocenters. The fraction of sp³-hybridized carbons (Fsp3) is 0.286. The molecule has 0 radical (unpaired) electrons. The molecule has 0 aromatic carbocycles. The average molecular weight is 676 g/mol. The monoisotopic (exact) mass is 676 g/mol. The topological polar surface area (TPSA) is 102 Å². The summed E-state index contributed by atoms with van der Waals surface area (Å²) in [5, 5.41) is 0. The van der Waals surface area contributed by atoms with Gasteiger partial charge in [-0.25, -0.2) is 0 Å². The molecule has 0 aliphatic carbocycles. The number of hydrazine groups is 2. The molecule has 0 saturated carbocycles. The van der Waals surface area contributed by atoms with Crippen molar-refractivity contribution in [3.05, 3.63) is 14.9 Å². The Morgan fingerprint density at radius 1 is 1.44 bits per heavy atom. The van der Waals surface area contributed by atoms with E-state index in [-0.39, 0.29) is 84.6 Å². The zero-order chi connectivity index (χ0) is 12.0. The maximum atomic E-state index is 5.92. The standard InChI is InChI=1S/C7H14I4N5/c1-4-6(11-12)7(16-14)10-3-9-5(15-13)2-8-4/h2,15-16H,3,12-14H2,1H3/q-3/b5-2+,6-4+. The van der Waals surface area contributed by atoms with Crippen molar-refractivity contribution < 1.29 is 63.9 Å². The molecule has 0 fully saturated rings. The van der Waals surface area contributed by atoms with E-state index in [9.17, 15) is 0 Å². The van der Waals surface area contributed by atoms with E-state index in [1.165, 1.54) is 16.9 Å². The third-order valence-corrected chi connectivity index (χ3v) is 16.7. The number of nitrogens with two attached hydrogens (primary N) is 3. The van der Waals surface area contributed by atoms with Crippen molar-refractivity contribution in [3.8, 4) is 0 Å². The minimum atomic E-state index is -0.375. The van der Waals surface area contributed by atoms with Crippen LogP contribution in [-0.4, -0.2) is 6.07 Å². The van der Waals surface area contributed by atoms with Gasteiger partial charge >= 0.3 is 139 Å². The molecule has 0 saturated heterocycles. The van der Waals surface area contributed by atoms with Crippen molar-refractivity contribution in [2.24, 2.45) is 15.6 Å². The Kier molecular flexibility index (Phi) is 8.90. The number of rotatable bonds is 3. The second-order valence-corrected chi connectivity index (χ2v) is 15.3. The van der Waals surface area contributed by atoms with Gasteiger partial charge in [-0.1, -0.05) is 0 Å². The van der Waals surface area contributed by atoms with E-state index < -0.39 is 0 Å². The van der Waals surface area contributed by atoms with Gasteiger partial charge in [0.1, 0.15) is 0 Å². The van der Waals surface area contributed by atoms with Crippen LogP contribution in [0, 0.1) is 0 Å². The third-order valence-electron chi connectivity index (χ3n) is 1.56. The number of alkyl halides is 2. The second kappa shape index (κ2) is 8.92. The molecule has 1 heterocycles. The van der Waals surface area contributed by atoms with E-state index in [0.29, 0.717) is 0 Å². The molecule has 0 aromatic rings. The van der Waals surface area contributed by atoms with Crippen LogP contribution in [0.15, 0.2) is 14.9 Å². The number of hydrogen-bond acceptors (Lipinski definition) is 5. The number of nitrogens with one attached hydrogen (secondary N) is 2. The Bertz CT molecular complexity index is 338.